The summed E-state index contributed by atoms with van der Waals surface area (Å²) in [7, 11) is 0. The number of carbonyl (C=O) groups excluding carboxylic acids is 1. The number of aromatic nitrogens is 2. The molecule has 1 aromatic heterocycles. The smallest absolute Gasteiger partial charge is 0.224 e. The van der Waals surface area contributed by atoms with Gasteiger partial charge < -0.3 is 4.90 Å². The lowest BCUT2D eigenvalue weighted by Gasteiger charge is -2.34. The average molecular weight is 304 g/mol. The Labute approximate surface area is 133 Å². The molecule has 122 valence electrons. The van der Waals surface area contributed by atoms with Crippen LogP contribution in [0.3, 0.4) is 0 Å². The van der Waals surface area contributed by atoms with Gasteiger partial charge in [-0.05, 0) is 51.3 Å². The molecule has 0 aliphatic carbocycles. The van der Waals surface area contributed by atoms with E-state index in [9.17, 15) is 4.79 Å². The molecule has 0 radical (unpaired) electrons. The first-order valence-electron chi connectivity index (χ1n) is 8.71. The summed E-state index contributed by atoms with van der Waals surface area (Å²) >= 11 is 0. The standard InChI is InChI=1S/C17H28N4O/c1-3-19-9-4-6-15(19)16-7-5-10-21(16)17(22)8-11-20-13-14(2)12-18-20/h12-13,15-16H,3-11H2,1-2H3. The van der Waals surface area contributed by atoms with Gasteiger partial charge in [-0.15, -0.1) is 0 Å². The van der Waals surface area contributed by atoms with E-state index in [4.69, 9.17) is 0 Å². The number of likely N-dealkylation sites (tertiary alicyclic amines) is 2. The van der Waals surface area contributed by atoms with Gasteiger partial charge in [-0.2, -0.15) is 5.10 Å². The van der Waals surface area contributed by atoms with Gasteiger partial charge in [-0.3, -0.25) is 14.4 Å². The van der Waals surface area contributed by atoms with Crippen LogP contribution in [0.4, 0.5) is 0 Å². The van der Waals surface area contributed by atoms with Crippen molar-refractivity contribution in [1.29, 1.82) is 0 Å². The lowest BCUT2D eigenvalue weighted by molar-refractivity contribution is -0.133. The Hall–Kier alpha value is -1.36. The lowest BCUT2D eigenvalue weighted by Crippen LogP contribution is -2.48. The third-order valence-electron chi connectivity index (χ3n) is 5.20. The van der Waals surface area contributed by atoms with Crippen LogP contribution < -0.4 is 0 Å². The highest BCUT2D eigenvalue weighted by Gasteiger charge is 2.38. The first-order chi connectivity index (χ1) is 10.7. The molecule has 1 amide bonds. The van der Waals surface area contributed by atoms with Crippen LogP contribution in [0.25, 0.3) is 0 Å². The van der Waals surface area contributed by atoms with Crippen LogP contribution in [0.15, 0.2) is 12.4 Å². The lowest BCUT2D eigenvalue weighted by atomic mass is 10.0. The van der Waals surface area contributed by atoms with Gasteiger partial charge in [0, 0.05) is 37.8 Å². The van der Waals surface area contributed by atoms with E-state index < -0.39 is 0 Å². The van der Waals surface area contributed by atoms with Gasteiger partial charge in [0.1, 0.15) is 0 Å². The molecule has 0 bridgehead atoms. The summed E-state index contributed by atoms with van der Waals surface area (Å²) in [6, 6.07) is 1.03. The molecule has 3 heterocycles. The molecule has 22 heavy (non-hydrogen) atoms. The van der Waals surface area contributed by atoms with Crippen molar-refractivity contribution in [2.45, 2.75) is 64.6 Å². The van der Waals surface area contributed by atoms with Crippen LogP contribution in [0.2, 0.25) is 0 Å². The Morgan fingerprint density at radius 1 is 1.27 bits per heavy atom. The minimum absolute atomic E-state index is 0.304. The quantitative estimate of drug-likeness (QED) is 0.836. The maximum Gasteiger partial charge on any atom is 0.224 e. The zero-order valence-electron chi connectivity index (χ0n) is 13.9. The molecule has 2 unspecified atom stereocenters. The first-order valence-corrected chi connectivity index (χ1v) is 8.71. The van der Waals surface area contributed by atoms with Gasteiger partial charge in [-0.25, -0.2) is 0 Å². The Balaban J connectivity index is 1.58. The molecular weight excluding hydrogens is 276 g/mol. The van der Waals surface area contributed by atoms with Gasteiger partial charge in [0.05, 0.1) is 6.20 Å². The Morgan fingerprint density at radius 3 is 2.77 bits per heavy atom. The number of likely N-dealkylation sites (N-methyl/N-ethyl adjacent to an activating group) is 1. The minimum atomic E-state index is 0.304. The van der Waals surface area contributed by atoms with Crippen molar-refractivity contribution >= 4 is 5.91 Å². The topological polar surface area (TPSA) is 41.4 Å². The first kappa shape index (κ1) is 15.5. The molecule has 2 atom stereocenters. The van der Waals surface area contributed by atoms with Crippen molar-refractivity contribution in [3.05, 3.63) is 18.0 Å². The van der Waals surface area contributed by atoms with Crippen molar-refractivity contribution in [3.63, 3.8) is 0 Å². The second-order valence-corrected chi connectivity index (χ2v) is 6.67. The van der Waals surface area contributed by atoms with Gasteiger partial charge >= 0.3 is 0 Å². The molecule has 2 aliphatic heterocycles. The molecule has 1 aromatic rings. The van der Waals surface area contributed by atoms with Crippen molar-refractivity contribution in [1.82, 2.24) is 19.6 Å². The zero-order valence-corrected chi connectivity index (χ0v) is 13.9. The molecule has 0 saturated carbocycles. The fourth-order valence-electron chi connectivity index (χ4n) is 4.13. The number of amides is 1. The summed E-state index contributed by atoms with van der Waals surface area (Å²) in [5.74, 6) is 0.304. The summed E-state index contributed by atoms with van der Waals surface area (Å²) in [6.07, 6.45) is 9.28. The molecule has 0 spiro atoms. The number of carbonyl (C=O) groups is 1. The minimum Gasteiger partial charge on any atom is -0.338 e. The molecule has 5 nitrogen and oxygen atoms in total. The van der Waals surface area contributed by atoms with Gasteiger partial charge in [-0.1, -0.05) is 6.92 Å². The normalized spacial score (nSPS) is 26.0. The predicted octanol–water partition coefficient (Wildman–Crippen LogP) is 2.06. The van der Waals surface area contributed by atoms with E-state index in [0.29, 0.717) is 31.0 Å². The number of rotatable bonds is 5. The van der Waals surface area contributed by atoms with Crippen molar-refractivity contribution in [2.24, 2.45) is 0 Å². The van der Waals surface area contributed by atoms with E-state index >= 15 is 0 Å². The highest BCUT2D eigenvalue weighted by molar-refractivity contribution is 5.76. The van der Waals surface area contributed by atoms with Crippen LogP contribution >= 0.6 is 0 Å². The van der Waals surface area contributed by atoms with Crippen LogP contribution in [0.5, 0.6) is 0 Å². The summed E-state index contributed by atoms with van der Waals surface area (Å²) in [6.45, 7) is 8.20. The third kappa shape index (κ3) is 3.19. The fraction of sp³-hybridized carbons (Fsp3) is 0.765. The second kappa shape index (κ2) is 6.82. The second-order valence-electron chi connectivity index (χ2n) is 6.67. The molecule has 5 heteroatoms. The maximum absolute atomic E-state index is 12.7. The molecule has 2 aliphatic rings. The molecular formula is C17H28N4O. The largest absolute Gasteiger partial charge is 0.338 e. The zero-order chi connectivity index (χ0) is 15.5. The summed E-state index contributed by atoms with van der Waals surface area (Å²) < 4.78 is 1.88. The Bertz CT molecular complexity index is 513. The molecule has 0 aromatic carbocycles. The maximum atomic E-state index is 12.7. The van der Waals surface area contributed by atoms with Crippen LogP contribution in [0, 0.1) is 6.92 Å². The monoisotopic (exact) mass is 304 g/mol. The number of hydrogen-bond donors (Lipinski definition) is 0. The van der Waals surface area contributed by atoms with Crippen molar-refractivity contribution in [3.8, 4) is 0 Å². The molecule has 2 saturated heterocycles. The predicted molar refractivity (Wildman–Crippen MR) is 86.6 cm³/mol. The summed E-state index contributed by atoms with van der Waals surface area (Å²) in [5.41, 5.74) is 1.15. The van der Waals surface area contributed by atoms with Gasteiger partial charge in [0.25, 0.3) is 0 Å². The SMILES string of the molecule is CCN1CCCC1C1CCCN1C(=O)CCn1cc(C)cn1. The summed E-state index contributed by atoms with van der Waals surface area (Å²) in [5, 5.41) is 4.27. The number of aryl methyl sites for hydroxylation is 2. The third-order valence-corrected chi connectivity index (χ3v) is 5.20. The van der Waals surface area contributed by atoms with Crippen LogP contribution in [-0.2, 0) is 11.3 Å². The number of nitrogens with zero attached hydrogens (tertiary/aromatic N) is 4. The van der Waals surface area contributed by atoms with E-state index in [0.717, 1.165) is 25.1 Å². The van der Waals surface area contributed by atoms with E-state index in [1.54, 1.807) is 0 Å². The Kier molecular flexibility index (Phi) is 4.81. The number of hydrogen-bond acceptors (Lipinski definition) is 3. The van der Waals surface area contributed by atoms with Crippen LogP contribution in [-0.4, -0.2) is 57.2 Å². The van der Waals surface area contributed by atoms with E-state index in [2.05, 4.69) is 21.8 Å². The van der Waals surface area contributed by atoms with Crippen molar-refractivity contribution in [2.75, 3.05) is 19.6 Å². The van der Waals surface area contributed by atoms with Crippen molar-refractivity contribution < 1.29 is 4.79 Å². The highest BCUT2D eigenvalue weighted by atomic mass is 16.2. The average Bonchev–Trinajstić information content (AvgIpc) is 3.23. The fourth-order valence-corrected chi connectivity index (χ4v) is 4.13. The van der Waals surface area contributed by atoms with E-state index in [1.807, 2.05) is 24.0 Å². The van der Waals surface area contributed by atoms with Crippen LogP contribution in [0.1, 0.15) is 44.6 Å². The molecule has 0 N–H and O–H groups in total. The van der Waals surface area contributed by atoms with E-state index in [-0.39, 0.29) is 0 Å². The van der Waals surface area contributed by atoms with Gasteiger partial charge in [0.2, 0.25) is 5.91 Å². The summed E-state index contributed by atoms with van der Waals surface area (Å²) in [4.78, 5) is 17.4. The van der Waals surface area contributed by atoms with Gasteiger partial charge in [0.15, 0.2) is 0 Å². The highest BCUT2D eigenvalue weighted by Crippen LogP contribution is 2.30. The Morgan fingerprint density at radius 2 is 2.05 bits per heavy atom. The molecule has 3 rings (SSSR count). The molecule has 2 fully saturated rings. The van der Waals surface area contributed by atoms with E-state index in [1.165, 1.54) is 25.8 Å².